The lowest BCUT2D eigenvalue weighted by atomic mass is 9.99. The molecule has 0 radical (unpaired) electrons. The van der Waals surface area contributed by atoms with Crippen LogP contribution in [0.25, 0.3) is 0 Å². The Morgan fingerprint density at radius 1 is 0.607 bits per heavy atom. The fourth-order valence-corrected chi connectivity index (χ4v) is 7.00. The van der Waals surface area contributed by atoms with Crippen molar-refractivity contribution in [2.45, 2.75) is 236 Å². The molecule has 0 aliphatic carbocycles. The molecule has 0 bridgehead atoms. The van der Waals surface area contributed by atoms with E-state index in [-0.39, 0.29) is 6.61 Å². The van der Waals surface area contributed by atoms with Crippen LogP contribution in [-0.2, 0) is 14.3 Å². The molecule has 1 rings (SSSR count). The number of aliphatic hydroxyl groups is 6. The van der Waals surface area contributed by atoms with Crippen molar-refractivity contribution in [1.29, 1.82) is 0 Å². The SMILES string of the molecule is CCCCCCCC/C=C/CC/C=C/C(O)C(COC1OC(CO)C(O)C(O)C1O)NC(=O)C(O)CCCCCCCC/C=C\CCCCCCCCCCC. The molecule has 0 aromatic rings. The lowest BCUT2D eigenvalue weighted by Gasteiger charge is -2.40. The molecule has 1 aliphatic rings. The smallest absolute Gasteiger partial charge is 0.249 e. The Kier molecular flexibility index (Phi) is 34.1. The molecule has 1 heterocycles. The van der Waals surface area contributed by atoms with Crippen LogP contribution in [0, 0.1) is 0 Å². The lowest BCUT2D eigenvalue weighted by Crippen LogP contribution is -2.60. The third-order valence-corrected chi connectivity index (χ3v) is 10.8. The summed E-state index contributed by atoms with van der Waals surface area (Å²) in [6.07, 6.45) is 33.8. The van der Waals surface area contributed by atoms with Crippen molar-refractivity contribution >= 4 is 5.91 Å². The zero-order valence-electron chi connectivity index (χ0n) is 35.5. The van der Waals surface area contributed by atoms with Crippen molar-refractivity contribution in [3.05, 3.63) is 36.5 Å². The fraction of sp³-hybridized carbons (Fsp3) is 0.848. The van der Waals surface area contributed by atoms with Gasteiger partial charge in [0.1, 0.15) is 30.5 Å². The molecule has 7 N–H and O–H groups in total. The van der Waals surface area contributed by atoms with E-state index >= 15 is 0 Å². The highest BCUT2D eigenvalue weighted by Gasteiger charge is 2.44. The van der Waals surface area contributed by atoms with Crippen LogP contribution in [0.15, 0.2) is 36.5 Å². The molecule has 328 valence electrons. The standard InChI is InChI=1S/C46H85NO9/c1-3-5-7-9-11-13-15-17-18-19-20-21-22-23-25-27-29-31-33-35-40(50)45(54)47-38(37-55-46-44(53)43(52)42(51)41(36-48)56-46)39(49)34-32-30-28-26-24-16-14-12-10-8-6-4-2/h20-21,24,26,32,34,38-44,46,48-53H,3-19,22-23,25,27-31,33,35-37H2,1-2H3,(H,47,54)/b21-20-,26-24+,34-32+. The minimum absolute atomic E-state index is 0.296. The van der Waals surface area contributed by atoms with Crippen LogP contribution in [0.4, 0.5) is 0 Å². The van der Waals surface area contributed by atoms with Crippen LogP contribution >= 0.6 is 0 Å². The molecule has 0 aromatic carbocycles. The predicted octanol–water partition coefficient (Wildman–Crippen LogP) is 8.25. The second kappa shape index (κ2) is 36.4. The molecule has 0 aromatic heterocycles. The second-order valence-electron chi connectivity index (χ2n) is 16.0. The maximum absolute atomic E-state index is 13.0. The van der Waals surface area contributed by atoms with Crippen LogP contribution in [0.3, 0.4) is 0 Å². The van der Waals surface area contributed by atoms with Gasteiger partial charge in [0, 0.05) is 0 Å². The van der Waals surface area contributed by atoms with E-state index in [9.17, 15) is 35.4 Å². The summed E-state index contributed by atoms with van der Waals surface area (Å²) in [6, 6.07) is -0.997. The maximum atomic E-state index is 13.0. The number of rotatable bonds is 37. The van der Waals surface area contributed by atoms with Gasteiger partial charge < -0.3 is 45.4 Å². The van der Waals surface area contributed by atoms with Gasteiger partial charge >= 0.3 is 0 Å². The molecule has 1 fully saturated rings. The summed E-state index contributed by atoms with van der Waals surface area (Å²) < 4.78 is 11.1. The Balaban J connectivity index is 2.41. The topological polar surface area (TPSA) is 169 Å². The Morgan fingerprint density at radius 2 is 1.05 bits per heavy atom. The molecule has 10 heteroatoms. The van der Waals surface area contributed by atoms with Gasteiger partial charge in [-0.05, 0) is 57.8 Å². The number of aliphatic hydroxyl groups excluding tert-OH is 6. The van der Waals surface area contributed by atoms with Crippen LogP contribution in [0.2, 0.25) is 0 Å². The first-order chi connectivity index (χ1) is 27.3. The van der Waals surface area contributed by atoms with Crippen LogP contribution in [0.5, 0.6) is 0 Å². The summed E-state index contributed by atoms with van der Waals surface area (Å²) in [5, 5.41) is 64.5. The zero-order chi connectivity index (χ0) is 41.1. The summed E-state index contributed by atoms with van der Waals surface area (Å²) in [5.41, 5.74) is 0. The summed E-state index contributed by atoms with van der Waals surface area (Å²) >= 11 is 0. The Bertz CT molecular complexity index is 990. The molecular weight excluding hydrogens is 711 g/mol. The van der Waals surface area contributed by atoms with Gasteiger partial charge in [-0.2, -0.15) is 0 Å². The first-order valence-electron chi connectivity index (χ1n) is 22.8. The monoisotopic (exact) mass is 796 g/mol. The third kappa shape index (κ3) is 26.4. The molecule has 0 spiro atoms. The molecule has 1 aliphatic heterocycles. The molecule has 56 heavy (non-hydrogen) atoms. The molecule has 8 atom stereocenters. The van der Waals surface area contributed by atoms with Crippen LogP contribution in [-0.4, -0.2) is 98.7 Å². The van der Waals surface area contributed by atoms with Crippen molar-refractivity contribution in [3.63, 3.8) is 0 Å². The predicted molar refractivity (Wildman–Crippen MR) is 227 cm³/mol. The highest BCUT2D eigenvalue weighted by molar-refractivity contribution is 5.80. The van der Waals surface area contributed by atoms with Gasteiger partial charge in [0.15, 0.2) is 6.29 Å². The molecule has 10 nitrogen and oxygen atoms in total. The molecule has 1 saturated heterocycles. The van der Waals surface area contributed by atoms with E-state index in [0.717, 1.165) is 38.5 Å². The molecule has 8 unspecified atom stereocenters. The van der Waals surface area contributed by atoms with Gasteiger partial charge in [-0.25, -0.2) is 0 Å². The van der Waals surface area contributed by atoms with Gasteiger partial charge in [0.2, 0.25) is 5.91 Å². The number of allylic oxidation sites excluding steroid dienone is 5. The molecule has 0 saturated carbocycles. The lowest BCUT2D eigenvalue weighted by molar-refractivity contribution is -0.302. The van der Waals surface area contributed by atoms with E-state index in [1.54, 1.807) is 6.08 Å². The highest BCUT2D eigenvalue weighted by atomic mass is 16.7. The van der Waals surface area contributed by atoms with Crippen molar-refractivity contribution in [2.75, 3.05) is 13.2 Å². The third-order valence-electron chi connectivity index (χ3n) is 10.8. The highest BCUT2D eigenvalue weighted by Crippen LogP contribution is 2.22. The summed E-state index contributed by atoms with van der Waals surface area (Å²) in [6.45, 7) is 3.56. The zero-order valence-corrected chi connectivity index (χ0v) is 35.5. The normalized spacial score (nSPS) is 22.0. The number of hydrogen-bond donors (Lipinski definition) is 7. The Hall–Kier alpha value is -1.63. The van der Waals surface area contributed by atoms with Crippen molar-refractivity contribution in [3.8, 4) is 0 Å². The largest absolute Gasteiger partial charge is 0.394 e. The van der Waals surface area contributed by atoms with Gasteiger partial charge in [0.05, 0.1) is 25.4 Å². The Morgan fingerprint density at radius 3 is 1.55 bits per heavy atom. The van der Waals surface area contributed by atoms with E-state index in [4.69, 9.17) is 9.47 Å². The van der Waals surface area contributed by atoms with Gasteiger partial charge in [0.25, 0.3) is 0 Å². The number of amides is 1. The minimum Gasteiger partial charge on any atom is -0.394 e. The summed E-state index contributed by atoms with van der Waals surface area (Å²) in [5.74, 6) is -0.633. The van der Waals surface area contributed by atoms with E-state index in [1.807, 2.05) is 6.08 Å². The average Bonchev–Trinajstić information content (AvgIpc) is 3.20. The maximum Gasteiger partial charge on any atom is 0.249 e. The van der Waals surface area contributed by atoms with E-state index in [1.165, 1.54) is 116 Å². The van der Waals surface area contributed by atoms with E-state index in [0.29, 0.717) is 19.3 Å². The van der Waals surface area contributed by atoms with Crippen molar-refractivity contribution in [2.24, 2.45) is 0 Å². The summed E-state index contributed by atoms with van der Waals surface area (Å²) in [7, 11) is 0. The van der Waals surface area contributed by atoms with E-state index in [2.05, 4.69) is 43.5 Å². The van der Waals surface area contributed by atoms with Gasteiger partial charge in [-0.1, -0.05) is 166 Å². The number of unbranched alkanes of at least 4 members (excludes halogenated alkanes) is 22. The van der Waals surface area contributed by atoms with Crippen LogP contribution in [0.1, 0.15) is 187 Å². The Labute approximate surface area is 341 Å². The first-order valence-corrected chi connectivity index (χ1v) is 22.8. The van der Waals surface area contributed by atoms with E-state index < -0.39 is 61.5 Å². The quantitative estimate of drug-likeness (QED) is 0.0242. The molecular formula is C46H85NO9. The number of carbonyl (C=O) groups is 1. The average molecular weight is 796 g/mol. The number of hydrogen-bond acceptors (Lipinski definition) is 9. The van der Waals surface area contributed by atoms with Gasteiger partial charge in [-0.15, -0.1) is 0 Å². The number of nitrogens with one attached hydrogen (secondary N) is 1. The summed E-state index contributed by atoms with van der Waals surface area (Å²) in [4.78, 5) is 13.0. The van der Waals surface area contributed by atoms with Crippen molar-refractivity contribution < 1.29 is 44.9 Å². The van der Waals surface area contributed by atoms with Gasteiger partial charge in [-0.3, -0.25) is 4.79 Å². The second-order valence-corrected chi connectivity index (χ2v) is 16.0. The molecule has 1 amide bonds. The fourth-order valence-electron chi connectivity index (χ4n) is 7.00. The van der Waals surface area contributed by atoms with Crippen LogP contribution < -0.4 is 5.32 Å². The van der Waals surface area contributed by atoms with Crippen molar-refractivity contribution in [1.82, 2.24) is 5.32 Å². The number of carbonyl (C=O) groups excluding carboxylic acids is 1. The minimum atomic E-state index is -1.62. The first kappa shape index (κ1) is 52.4. The number of ether oxygens (including phenoxy) is 2.